The maximum Gasteiger partial charge on any atom is 0.242 e. The molecule has 11 nitrogen and oxygen atoms in total. The van der Waals surface area contributed by atoms with Crippen molar-refractivity contribution in [2.75, 3.05) is 31.0 Å². The summed E-state index contributed by atoms with van der Waals surface area (Å²) in [5, 5.41) is 11.4. The highest BCUT2D eigenvalue weighted by Crippen LogP contribution is 2.28. The minimum Gasteiger partial charge on any atom is -0.367 e. The van der Waals surface area contributed by atoms with Gasteiger partial charge in [0, 0.05) is 43.5 Å². The first-order chi connectivity index (χ1) is 17.3. The summed E-state index contributed by atoms with van der Waals surface area (Å²) >= 11 is 0. The van der Waals surface area contributed by atoms with Gasteiger partial charge in [0.2, 0.25) is 20.0 Å². The topological polar surface area (TPSA) is 138 Å². The number of hydrogen-bond acceptors (Lipinski definition) is 8. The van der Waals surface area contributed by atoms with Crippen LogP contribution in [0.3, 0.4) is 0 Å². The first-order valence-corrected chi connectivity index (χ1v) is 15.6. The summed E-state index contributed by atoms with van der Waals surface area (Å²) in [4.78, 5) is 5.07. The van der Waals surface area contributed by atoms with Gasteiger partial charge in [0.25, 0.3) is 0 Å². The van der Waals surface area contributed by atoms with E-state index >= 15 is 0 Å². The van der Waals surface area contributed by atoms with Gasteiger partial charge in [-0.05, 0) is 55.9 Å². The van der Waals surface area contributed by atoms with Gasteiger partial charge in [-0.3, -0.25) is 0 Å². The van der Waals surface area contributed by atoms with E-state index in [0.29, 0.717) is 17.3 Å². The molecule has 37 heavy (non-hydrogen) atoms. The van der Waals surface area contributed by atoms with E-state index in [1.807, 2.05) is 12.3 Å². The van der Waals surface area contributed by atoms with E-state index in [1.165, 1.54) is 24.7 Å². The molecule has 2 aromatic heterocycles. The number of rotatable bonds is 9. The number of benzene rings is 1. The fourth-order valence-corrected chi connectivity index (χ4v) is 6.23. The van der Waals surface area contributed by atoms with Crippen molar-refractivity contribution in [1.29, 1.82) is 0 Å². The Hall–Kier alpha value is -2.74. The second-order valence-corrected chi connectivity index (χ2v) is 14.0. The van der Waals surface area contributed by atoms with Gasteiger partial charge in [-0.25, -0.2) is 30.8 Å². The smallest absolute Gasteiger partial charge is 0.242 e. The molecule has 0 saturated heterocycles. The monoisotopic (exact) mass is 549 g/mol. The molecular weight excluding hydrogens is 514 g/mol. The van der Waals surface area contributed by atoms with Crippen molar-refractivity contribution in [3.05, 3.63) is 42.1 Å². The summed E-state index contributed by atoms with van der Waals surface area (Å²) in [5.41, 5.74) is 2.46. The molecule has 13 heteroatoms. The van der Waals surface area contributed by atoms with E-state index in [2.05, 4.69) is 34.3 Å². The average Bonchev–Trinajstić information content (AvgIpc) is 3.24. The highest BCUT2D eigenvalue weighted by atomic mass is 32.2. The van der Waals surface area contributed by atoms with Crippen LogP contribution in [0.1, 0.15) is 51.0 Å². The van der Waals surface area contributed by atoms with E-state index < -0.39 is 20.0 Å². The van der Waals surface area contributed by atoms with Crippen LogP contribution >= 0.6 is 0 Å². The van der Waals surface area contributed by atoms with Gasteiger partial charge < -0.3 is 10.6 Å². The molecule has 3 N–H and O–H groups in total. The second-order valence-electron chi connectivity index (χ2n) is 10.0. The van der Waals surface area contributed by atoms with Gasteiger partial charge in [-0.15, -0.1) is 0 Å². The molecule has 3 aromatic rings. The lowest BCUT2D eigenvalue weighted by Crippen LogP contribution is -2.39. The first-order valence-electron chi connectivity index (χ1n) is 12.3. The number of fused-ring (bicyclic) bond motifs is 1. The largest absolute Gasteiger partial charge is 0.367 e. The zero-order chi connectivity index (χ0) is 27.0. The predicted octanol–water partition coefficient (Wildman–Crippen LogP) is 3.12. The fourth-order valence-electron chi connectivity index (χ4n) is 4.49. The van der Waals surface area contributed by atoms with Crippen LogP contribution < -0.4 is 15.4 Å². The molecule has 1 saturated carbocycles. The minimum absolute atomic E-state index is 0.0395. The van der Waals surface area contributed by atoms with Gasteiger partial charge in [-0.1, -0.05) is 13.8 Å². The van der Waals surface area contributed by atoms with E-state index in [9.17, 15) is 16.8 Å². The molecular formula is C24H35N7O4S2. The highest BCUT2D eigenvalue weighted by Gasteiger charge is 2.24. The van der Waals surface area contributed by atoms with Crippen molar-refractivity contribution in [1.82, 2.24) is 23.6 Å². The molecule has 1 fully saturated rings. The van der Waals surface area contributed by atoms with E-state index in [1.54, 1.807) is 28.8 Å². The SMILES string of the molecule is CC(C)c1cnn2c(Nc3ccc(S(=O)(=O)N(C)C)cc3)cc(NC3CCC(NS(C)(=O)=O)CC3)nc12. The summed E-state index contributed by atoms with van der Waals surface area (Å²) in [5.74, 6) is 1.61. The van der Waals surface area contributed by atoms with Crippen molar-refractivity contribution in [3.63, 3.8) is 0 Å². The lowest BCUT2D eigenvalue weighted by molar-refractivity contribution is 0.387. The zero-order valence-corrected chi connectivity index (χ0v) is 23.4. The van der Waals surface area contributed by atoms with Gasteiger partial charge in [0.05, 0.1) is 17.3 Å². The third-order valence-electron chi connectivity index (χ3n) is 6.49. The second kappa shape index (κ2) is 10.6. The standard InChI is InChI=1S/C24H35N7O4S2/c1-16(2)21-15-25-31-23(27-18-10-12-20(13-11-18)37(34,35)30(3)4)14-22(28-24(21)31)26-17-6-8-19(9-7-17)29-36(5,32)33/h10-17,19,27,29H,6-9H2,1-5H3,(H,26,28). The third kappa shape index (κ3) is 6.40. The van der Waals surface area contributed by atoms with Crippen LogP contribution in [0.25, 0.3) is 5.65 Å². The molecule has 1 aliphatic rings. The quantitative estimate of drug-likeness (QED) is 0.370. The predicted molar refractivity (Wildman–Crippen MR) is 145 cm³/mol. The number of nitrogens with one attached hydrogen (secondary N) is 3. The van der Waals surface area contributed by atoms with Crippen molar-refractivity contribution in [2.24, 2.45) is 0 Å². The van der Waals surface area contributed by atoms with Gasteiger partial charge in [0.15, 0.2) is 5.65 Å². The van der Waals surface area contributed by atoms with Crippen LogP contribution in [-0.4, -0.2) is 68.2 Å². The fraction of sp³-hybridized carbons (Fsp3) is 0.500. The van der Waals surface area contributed by atoms with Crippen LogP contribution in [0.15, 0.2) is 41.4 Å². The molecule has 0 radical (unpaired) electrons. The molecule has 1 aromatic carbocycles. The molecule has 0 bridgehead atoms. The highest BCUT2D eigenvalue weighted by molar-refractivity contribution is 7.89. The van der Waals surface area contributed by atoms with E-state index in [0.717, 1.165) is 36.9 Å². The maximum absolute atomic E-state index is 12.4. The maximum atomic E-state index is 12.4. The van der Waals surface area contributed by atoms with Crippen LogP contribution in [0.4, 0.5) is 17.3 Å². The molecule has 0 amide bonds. The Labute approximate surface area is 218 Å². The van der Waals surface area contributed by atoms with Crippen molar-refractivity contribution in [2.45, 2.75) is 62.4 Å². The Morgan fingerprint density at radius 1 is 1.00 bits per heavy atom. The van der Waals surface area contributed by atoms with Crippen LogP contribution in [0, 0.1) is 0 Å². The Kier molecular flexibility index (Phi) is 7.79. The van der Waals surface area contributed by atoms with Crippen LogP contribution in [-0.2, 0) is 20.0 Å². The van der Waals surface area contributed by atoms with Crippen LogP contribution in [0.5, 0.6) is 0 Å². The van der Waals surface area contributed by atoms with Gasteiger partial charge in [0.1, 0.15) is 11.6 Å². The molecule has 0 aliphatic heterocycles. The first kappa shape index (κ1) is 27.3. The number of aromatic nitrogens is 3. The summed E-state index contributed by atoms with van der Waals surface area (Å²) in [6.45, 7) is 4.18. The Balaban J connectivity index is 1.58. The van der Waals surface area contributed by atoms with Gasteiger partial charge in [-0.2, -0.15) is 9.61 Å². The molecule has 2 heterocycles. The Bertz CT molecular complexity index is 1460. The minimum atomic E-state index is -3.51. The number of hydrogen-bond donors (Lipinski definition) is 3. The summed E-state index contributed by atoms with van der Waals surface area (Å²) in [7, 11) is -3.73. The lowest BCUT2D eigenvalue weighted by atomic mass is 9.92. The third-order valence-corrected chi connectivity index (χ3v) is 9.08. The number of nitrogens with zero attached hydrogens (tertiary/aromatic N) is 4. The molecule has 1 aliphatic carbocycles. The molecule has 202 valence electrons. The Morgan fingerprint density at radius 2 is 1.62 bits per heavy atom. The summed E-state index contributed by atoms with van der Waals surface area (Å²) in [6, 6.07) is 8.60. The average molecular weight is 550 g/mol. The summed E-state index contributed by atoms with van der Waals surface area (Å²) < 4.78 is 53.6. The summed E-state index contributed by atoms with van der Waals surface area (Å²) in [6.07, 6.45) is 6.16. The van der Waals surface area contributed by atoms with Crippen molar-refractivity contribution < 1.29 is 16.8 Å². The lowest BCUT2D eigenvalue weighted by Gasteiger charge is -2.29. The van der Waals surface area contributed by atoms with Crippen molar-refractivity contribution >= 4 is 43.0 Å². The molecule has 0 atom stereocenters. The Morgan fingerprint density at radius 3 is 2.19 bits per heavy atom. The van der Waals surface area contributed by atoms with E-state index in [4.69, 9.17) is 4.98 Å². The number of anilines is 3. The molecule has 0 unspecified atom stereocenters. The van der Waals surface area contributed by atoms with Gasteiger partial charge >= 0.3 is 0 Å². The van der Waals surface area contributed by atoms with Crippen molar-refractivity contribution in [3.8, 4) is 0 Å². The van der Waals surface area contributed by atoms with E-state index in [-0.39, 0.29) is 22.9 Å². The zero-order valence-electron chi connectivity index (χ0n) is 21.8. The normalized spacial score (nSPS) is 19.0. The molecule has 4 rings (SSSR count). The molecule has 0 spiro atoms. The number of sulfonamides is 2. The van der Waals surface area contributed by atoms with Crippen LogP contribution in [0.2, 0.25) is 0 Å².